The molecule has 24 heavy (non-hydrogen) atoms. The third-order valence-corrected chi connectivity index (χ3v) is 4.81. The maximum Gasteiger partial charge on any atom is 0.120 e. The number of nitrogens with one attached hydrogen (secondary N) is 2. The summed E-state index contributed by atoms with van der Waals surface area (Å²) in [6.45, 7) is 8.43. The van der Waals surface area contributed by atoms with E-state index in [1.54, 1.807) is 17.4 Å². The van der Waals surface area contributed by atoms with Gasteiger partial charge in [0, 0.05) is 31.1 Å². The molecule has 1 aromatic heterocycles. The number of hydrogen-bond donors (Lipinski definition) is 2. The normalized spacial score (nSPS) is 14.7. The van der Waals surface area contributed by atoms with Crippen molar-refractivity contribution in [1.29, 1.82) is 0 Å². The second-order valence-corrected chi connectivity index (χ2v) is 6.99. The third-order valence-electron chi connectivity index (χ3n) is 3.97. The molecule has 0 amide bonds. The summed E-state index contributed by atoms with van der Waals surface area (Å²) in [6.07, 6.45) is 6.07. The van der Waals surface area contributed by atoms with Gasteiger partial charge in [0.1, 0.15) is 12.4 Å². The Morgan fingerprint density at radius 1 is 1.29 bits per heavy atom. The highest BCUT2D eigenvalue weighted by Gasteiger charge is 2.15. The molecule has 1 aliphatic heterocycles. The van der Waals surface area contributed by atoms with Crippen molar-refractivity contribution in [2.75, 3.05) is 26.2 Å². The Bertz CT molecular complexity index is 675. The average molecular weight is 340 g/mol. The van der Waals surface area contributed by atoms with Gasteiger partial charge in [-0.15, -0.1) is 11.3 Å². The number of ether oxygens (including phenoxy) is 1. The third kappa shape index (κ3) is 5.06. The predicted octanol–water partition coefficient (Wildman–Crippen LogP) is 3.79. The summed E-state index contributed by atoms with van der Waals surface area (Å²) in [5, 5.41) is 8.94. The Hall–Kier alpha value is -1.88. The molecular weight excluding hydrogens is 316 g/mol. The van der Waals surface area contributed by atoms with E-state index in [0.717, 1.165) is 43.4 Å². The largest absolute Gasteiger partial charge is 0.490 e. The molecule has 1 aromatic carbocycles. The van der Waals surface area contributed by atoms with Crippen LogP contribution in [0, 0.1) is 5.92 Å². The summed E-state index contributed by atoms with van der Waals surface area (Å²) in [6, 6.07) is 10.6. The van der Waals surface area contributed by atoms with Crippen LogP contribution in [0.4, 0.5) is 0 Å². The molecular formula is C20H24N2OS. The van der Waals surface area contributed by atoms with Gasteiger partial charge < -0.3 is 15.4 Å². The second kappa shape index (κ2) is 8.83. The van der Waals surface area contributed by atoms with E-state index in [1.165, 1.54) is 10.4 Å². The standard InChI is InChI=1S/C20H24N2OS/c1-2-7-23-19-10-16(5-6-20-4-3-8-24-20)9-17(11-19)12-21-13-18-14-22-15-18/h2-6,8-11,18,21-22H,1,7,12-15H2/b6-5+. The maximum absolute atomic E-state index is 5.75. The van der Waals surface area contributed by atoms with Crippen molar-refractivity contribution in [3.8, 4) is 5.75 Å². The van der Waals surface area contributed by atoms with Gasteiger partial charge in [-0.3, -0.25) is 0 Å². The lowest BCUT2D eigenvalue weighted by molar-refractivity contribution is 0.331. The molecule has 2 heterocycles. The minimum Gasteiger partial charge on any atom is -0.490 e. The first-order valence-corrected chi connectivity index (χ1v) is 9.22. The van der Waals surface area contributed by atoms with Crippen molar-refractivity contribution in [2.45, 2.75) is 6.54 Å². The Labute approximate surface area is 148 Å². The van der Waals surface area contributed by atoms with Crippen LogP contribution in [0.1, 0.15) is 16.0 Å². The zero-order chi connectivity index (χ0) is 16.6. The SMILES string of the molecule is C=CCOc1cc(/C=C/c2cccs2)cc(CNCC2CNC2)c1. The van der Waals surface area contributed by atoms with E-state index in [0.29, 0.717) is 6.61 Å². The van der Waals surface area contributed by atoms with Crippen molar-refractivity contribution in [2.24, 2.45) is 5.92 Å². The summed E-state index contributed by atoms with van der Waals surface area (Å²) in [5.74, 6) is 1.66. The summed E-state index contributed by atoms with van der Waals surface area (Å²) < 4.78 is 5.75. The molecule has 2 N–H and O–H groups in total. The van der Waals surface area contributed by atoms with Gasteiger partial charge in [0.25, 0.3) is 0 Å². The van der Waals surface area contributed by atoms with Crippen molar-refractivity contribution in [3.05, 3.63) is 64.4 Å². The Balaban J connectivity index is 1.68. The molecule has 0 spiro atoms. The van der Waals surface area contributed by atoms with Gasteiger partial charge in [-0.2, -0.15) is 0 Å². The molecule has 0 aliphatic carbocycles. The fraction of sp³-hybridized carbons (Fsp3) is 0.300. The highest BCUT2D eigenvalue weighted by Crippen LogP contribution is 2.21. The van der Waals surface area contributed by atoms with E-state index in [2.05, 4.69) is 65.1 Å². The van der Waals surface area contributed by atoms with Crippen molar-refractivity contribution >= 4 is 23.5 Å². The fourth-order valence-electron chi connectivity index (χ4n) is 2.60. The number of hydrogen-bond acceptors (Lipinski definition) is 4. The van der Waals surface area contributed by atoms with Crippen LogP contribution in [-0.2, 0) is 6.54 Å². The molecule has 0 atom stereocenters. The average Bonchev–Trinajstić information content (AvgIpc) is 3.07. The zero-order valence-corrected chi connectivity index (χ0v) is 14.6. The lowest BCUT2D eigenvalue weighted by Gasteiger charge is -2.27. The van der Waals surface area contributed by atoms with Crippen LogP contribution >= 0.6 is 11.3 Å². The van der Waals surface area contributed by atoms with Crippen molar-refractivity contribution < 1.29 is 4.74 Å². The molecule has 126 valence electrons. The molecule has 0 unspecified atom stereocenters. The maximum atomic E-state index is 5.75. The summed E-state index contributed by atoms with van der Waals surface area (Å²) >= 11 is 1.74. The van der Waals surface area contributed by atoms with Gasteiger partial charge in [0.15, 0.2) is 0 Å². The molecule has 0 bridgehead atoms. The monoisotopic (exact) mass is 340 g/mol. The van der Waals surface area contributed by atoms with Gasteiger partial charge in [0.2, 0.25) is 0 Å². The topological polar surface area (TPSA) is 33.3 Å². The van der Waals surface area contributed by atoms with Crippen LogP contribution in [-0.4, -0.2) is 26.2 Å². The molecule has 0 radical (unpaired) electrons. The van der Waals surface area contributed by atoms with E-state index in [9.17, 15) is 0 Å². The Kier molecular flexibility index (Phi) is 6.24. The number of thiophene rings is 1. The molecule has 1 saturated heterocycles. The van der Waals surface area contributed by atoms with Gasteiger partial charge in [-0.1, -0.05) is 30.9 Å². The van der Waals surface area contributed by atoms with E-state index >= 15 is 0 Å². The number of benzene rings is 1. The molecule has 1 aliphatic rings. The van der Waals surface area contributed by atoms with Gasteiger partial charge >= 0.3 is 0 Å². The van der Waals surface area contributed by atoms with E-state index in [-0.39, 0.29) is 0 Å². The highest BCUT2D eigenvalue weighted by molar-refractivity contribution is 7.10. The Morgan fingerprint density at radius 3 is 2.92 bits per heavy atom. The molecule has 1 fully saturated rings. The Morgan fingerprint density at radius 2 is 2.21 bits per heavy atom. The summed E-state index contributed by atoms with van der Waals surface area (Å²) in [4.78, 5) is 1.25. The quantitative estimate of drug-likeness (QED) is 0.681. The molecule has 4 heteroatoms. The molecule has 3 nitrogen and oxygen atoms in total. The lowest BCUT2D eigenvalue weighted by Crippen LogP contribution is -2.47. The van der Waals surface area contributed by atoms with Crippen LogP contribution in [0.3, 0.4) is 0 Å². The first-order valence-electron chi connectivity index (χ1n) is 8.34. The van der Waals surface area contributed by atoms with Gasteiger partial charge in [0.05, 0.1) is 0 Å². The van der Waals surface area contributed by atoms with Crippen LogP contribution in [0.2, 0.25) is 0 Å². The molecule has 2 aromatic rings. The molecule has 3 rings (SSSR count). The predicted molar refractivity (Wildman–Crippen MR) is 103 cm³/mol. The smallest absolute Gasteiger partial charge is 0.120 e. The first kappa shape index (κ1) is 17.0. The van der Waals surface area contributed by atoms with E-state index < -0.39 is 0 Å². The second-order valence-electron chi connectivity index (χ2n) is 6.01. The highest BCUT2D eigenvalue weighted by atomic mass is 32.1. The van der Waals surface area contributed by atoms with Gasteiger partial charge in [-0.05, 0) is 46.7 Å². The minimum atomic E-state index is 0.526. The van der Waals surface area contributed by atoms with E-state index in [1.807, 2.05) is 0 Å². The van der Waals surface area contributed by atoms with Crippen LogP contribution in [0.15, 0.2) is 48.4 Å². The van der Waals surface area contributed by atoms with Crippen molar-refractivity contribution in [1.82, 2.24) is 10.6 Å². The fourth-order valence-corrected chi connectivity index (χ4v) is 3.22. The minimum absolute atomic E-state index is 0.526. The lowest BCUT2D eigenvalue weighted by atomic mass is 10.0. The van der Waals surface area contributed by atoms with Gasteiger partial charge in [-0.25, -0.2) is 0 Å². The zero-order valence-electron chi connectivity index (χ0n) is 13.8. The summed E-state index contributed by atoms with van der Waals surface area (Å²) in [5.41, 5.74) is 2.40. The van der Waals surface area contributed by atoms with Crippen LogP contribution in [0.5, 0.6) is 5.75 Å². The first-order chi connectivity index (χ1) is 11.8. The van der Waals surface area contributed by atoms with Crippen LogP contribution < -0.4 is 15.4 Å². The van der Waals surface area contributed by atoms with Crippen molar-refractivity contribution in [3.63, 3.8) is 0 Å². The summed E-state index contributed by atoms with van der Waals surface area (Å²) in [7, 11) is 0. The molecule has 0 saturated carbocycles. The van der Waals surface area contributed by atoms with E-state index in [4.69, 9.17) is 4.74 Å². The number of rotatable bonds is 9. The van der Waals surface area contributed by atoms with Crippen LogP contribution in [0.25, 0.3) is 12.2 Å².